The maximum atomic E-state index is 5.45. The van der Waals surface area contributed by atoms with Gasteiger partial charge in [0.05, 0.1) is 22.9 Å². The minimum absolute atomic E-state index is 0.0513. The lowest BCUT2D eigenvalue weighted by Gasteiger charge is -2.24. The number of aryl methyl sites for hydroxylation is 2. The van der Waals surface area contributed by atoms with Crippen LogP contribution in [-0.2, 0) is 0 Å². The Morgan fingerprint density at radius 1 is 0.614 bits per heavy atom. The summed E-state index contributed by atoms with van der Waals surface area (Å²) < 4.78 is 0. The molecule has 7 aromatic carbocycles. The van der Waals surface area contributed by atoms with Crippen molar-refractivity contribution in [2.24, 2.45) is 9.98 Å². The summed E-state index contributed by atoms with van der Waals surface area (Å²) in [6.45, 7) is 8.31. The van der Waals surface area contributed by atoms with Crippen LogP contribution in [0.5, 0.6) is 0 Å². The topological polar surface area (TPSA) is 49.6 Å². The SMILES string of the molecule is C=NC(=NC(c1ccccc1)c1cc(-c2ccc(C)c(-c3ccccc3C)c2)cc(-c2ccc3ccc4c(c3n2)NC(c2ccccc2)C=C4)c1)c1ccccc1. The Morgan fingerprint density at radius 3 is 2.07 bits per heavy atom. The quantitative estimate of drug-likeness (QED) is 0.125. The van der Waals surface area contributed by atoms with E-state index >= 15 is 0 Å². The second-order valence-corrected chi connectivity index (χ2v) is 14.7. The van der Waals surface area contributed by atoms with Crippen LogP contribution >= 0.6 is 0 Å². The first-order valence-corrected chi connectivity index (χ1v) is 19.4. The number of rotatable bonds is 8. The third-order valence-corrected chi connectivity index (χ3v) is 10.9. The maximum Gasteiger partial charge on any atom is 0.154 e. The summed E-state index contributed by atoms with van der Waals surface area (Å²) in [5, 5.41) is 4.90. The van der Waals surface area contributed by atoms with Crippen LogP contribution in [0.4, 0.5) is 5.69 Å². The van der Waals surface area contributed by atoms with E-state index in [4.69, 9.17) is 9.98 Å². The van der Waals surface area contributed by atoms with Crippen LogP contribution in [0.15, 0.2) is 192 Å². The summed E-state index contributed by atoms with van der Waals surface area (Å²) in [5.41, 5.74) is 16.4. The fourth-order valence-electron chi connectivity index (χ4n) is 7.90. The van der Waals surface area contributed by atoms with Gasteiger partial charge >= 0.3 is 0 Å². The molecule has 2 atom stereocenters. The summed E-state index contributed by atoms with van der Waals surface area (Å²) in [4.78, 5) is 15.3. The predicted octanol–water partition coefficient (Wildman–Crippen LogP) is 13.3. The van der Waals surface area contributed by atoms with Crippen molar-refractivity contribution in [1.82, 2.24) is 4.98 Å². The van der Waals surface area contributed by atoms with Crippen molar-refractivity contribution in [1.29, 1.82) is 0 Å². The van der Waals surface area contributed by atoms with Crippen molar-refractivity contribution >= 4 is 35.2 Å². The van der Waals surface area contributed by atoms with Crippen molar-refractivity contribution in [2.45, 2.75) is 25.9 Å². The lowest BCUT2D eigenvalue weighted by Crippen LogP contribution is -2.12. The molecule has 274 valence electrons. The minimum atomic E-state index is -0.362. The summed E-state index contributed by atoms with van der Waals surface area (Å²) in [5.74, 6) is 0.594. The number of benzene rings is 7. The summed E-state index contributed by atoms with van der Waals surface area (Å²) >= 11 is 0. The molecule has 0 aliphatic carbocycles. The maximum absolute atomic E-state index is 5.45. The van der Waals surface area contributed by atoms with E-state index in [-0.39, 0.29) is 12.1 Å². The molecule has 0 saturated heterocycles. The molecule has 0 fully saturated rings. The highest BCUT2D eigenvalue weighted by molar-refractivity contribution is 6.02. The van der Waals surface area contributed by atoms with Gasteiger partial charge in [-0.3, -0.25) is 4.99 Å². The number of aliphatic imine (C=N–C) groups is 2. The van der Waals surface area contributed by atoms with Gasteiger partial charge in [-0.2, -0.15) is 0 Å². The number of hydrogen-bond acceptors (Lipinski definition) is 3. The second kappa shape index (κ2) is 15.5. The second-order valence-electron chi connectivity index (χ2n) is 14.7. The van der Waals surface area contributed by atoms with Crippen LogP contribution in [0.3, 0.4) is 0 Å². The number of nitrogens with zero attached hydrogens (tertiary/aromatic N) is 3. The molecule has 4 heteroatoms. The third kappa shape index (κ3) is 7.21. The Labute approximate surface area is 334 Å². The highest BCUT2D eigenvalue weighted by atomic mass is 14.9. The molecule has 4 nitrogen and oxygen atoms in total. The third-order valence-electron chi connectivity index (χ3n) is 10.9. The zero-order valence-corrected chi connectivity index (χ0v) is 32.1. The highest BCUT2D eigenvalue weighted by Gasteiger charge is 2.21. The van der Waals surface area contributed by atoms with Crippen LogP contribution < -0.4 is 5.32 Å². The van der Waals surface area contributed by atoms with Gasteiger partial charge < -0.3 is 5.32 Å². The standard InChI is InChI=1S/C53H42N4/c1-35-15-13-14-22-46(35)47-34-42(24-23-36(47)2)43-31-44(33-45(32-43)50(38-18-9-5-10-19-38)57-53(54-3)41-20-11-6-12-21-41)49-30-28-40-26-25-39-27-29-48(37-16-7-4-8-17-37)55-51(39)52(40)56-49/h4-34,48,50,55H,3H2,1-2H3. The number of fused-ring (bicyclic) bond motifs is 3. The van der Waals surface area contributed by atoms with E-state index in [2.05, 4.69) is 183 Å². The molecule has 2 unspecified atom stereocenters. The fourth-order valence-corrected chi connectivity index (χ4v) is 7.90. The minimum Gasteiger partial charge on any atom is -0.372 e. The number of hydrogen-bond donors (Lipinski definition) is 1. The van der Waals surface area contributed by atoms with E-state index in [1.54, 1.807) is 0 Å². The Hall–Kier alpha value is -7.17. The number of anilines is 1. The molecule has 1 aliphatic rings. The first-order valence-electron chi connectivity index (χ1n) is 19.4. The number of amidine groups is 1. The molecule has 1 N–H and O–H groups in total. The molecule has 0 bridgehead atoms. The molecule has 8 aromatic rings. The smallest absolute Gasteiger partial charge is 0.154 e. The van der Waals surface area contributed by atoms with Gasteiger partial charge in [0.25, 0.3) is 0 Å². The lowest BCUT2D eigenvalue weighted by atomic mass is 9.89. The predicted molar refractivity (Wildman–Crippen MR) is 240 cm³/mol. The van der Waals surface area contributed by atoms with E-state index in [1.807, 2.05) is 36.4 Å². The summed E-state index contributed by atoms with van der Waals surface area (Å²) in [7, 11) is 0. The molecule has 57 heavy (non-hydrogen) atoms. The van der Waals surface area contributed by atoms with Gasteiger partial charge in [-0.15, -0.1) is 0 Å². The Morgan fingerprint density at radius 2 is 1.30 bits per heavy atom. The molecule has 0 saturated carbocycles. The molecule has 2 heterocycles. The van der Waals surface area contributed by atoms with E-state index in [9.17, 15) is 0 Å². The van der Waals surface area contributed by atoms with Gasteiger partial charge in [0.1, 0.15) is 6.04 Å². The molecular weight excluding hydrogens is 693 g/mol. The van der Waals surface area contributed by atoms with Gasteiger partial charge in [0.15, 0.2) is 5.84 Å². The van der Waals surface area contributed by atoms with Crippen molar-refractivity contribution in [3.63, 3.8) is 0 Å². The molecule has 0 spiro atoms. The van der Waals surface area contributed by atoms with E-state index in [1.165, 1.54) is 27.8 Å². The number of aromatic nitrogens is 1. The van der Waals surface area contributed by atoms with Gasteiger partial charge in [-0.25, -0.2) is 9.98 Å². The van der Waals surface area contributed by atoms with E-state index < -0.39 is 0 Å². The van der Waals surface area contributed by atoms with Gasteiger partial charge in [-0.1, -0.05) is 158 Å². The molecule has 0 amide bonds. The normalized spacial score (nSPS) is 14.1. The van der Waals surface area contributed by atoms with Crippen molar-refractivity contribution in [3.8, 4) is 33.5 Å². The van der Waals surface area contributed by atoms with Crippen LogP contribution in [0.2, 0.25) is 0 Å². The van der Waals surface area contributed by atoms with Gasteiger partial charge in [0.2, 0.25) is 0 Å². The van der Waals surface area contributed by atoms with Crippen molar-refractivity contribution in [3.05, 3.63) is 221 Å². The average Bonchev–Trinajstić information content (AvgIpc) is 3.27. The average molecular weight is 735 g/mol. The Kier molecular flexibility index (Phi) is 9.68. The molecular formula is C53H42N4. The molecule has 0 radical (unpaired) electrons. The summed E-state index contributed by atoms with van der Waals surface area (Å²) in [6, 6.07) is 61.6. The number of pyridine rings is 1. The summed E-state index contributed by atoms with van der Waals surface area (Å²) in [6.07, 6.45) is 4.43. The van der Waals surface area contributed by atoms with Crippen LogP contribution in [0.25, 0.3) is 50.5 Å². The van der Waals surface area contributed by atoms with Gasteiger partial charge in [-0.05, 0) is 107 Å². The lowest BCUT2D eigenvalue weighted by molar-refractivity contribution is 0.871. The first-order chi connectivity index (χ1) is 28.0. The largest absolute Gasteiger partial charge is 0.372 e. The van der Waals surface area contributed by atoms with Crippen molar-refractivity contribution < 1.29 is 0 Å². The van der Waals surface area contributed by atoms with Crippen LogP contribution in [-0.4, -0.2) is 17.5 Å². The Bertz CT molecular complexity index is 2800. The Balaban J connectivity index is 1.24. The first kappa shape index (κ1) is 35.5. The van der Waals surface area contributed by atoms with E-state index in [0.717, 1.165) is 61.2 Å². The zero-order chi connectivity index (χ0) is 38.7. The van der Waals surface area contributed by atoms with Crippen molar-refractivity contribution in [2.75, 3.05) is 5.32 Å². The van der Waals surface area contributed by atoms with Crippen LogP contribution in [0.1, 0.15) is 51.0 Å². The number of nitrogens with one attached hydrogen (secondary N) is 1. The van der Waals surface area contributed by atoms with E-state index in [0.29, 0.717) is 5.84 Å². The highest BCUT2D eigenvalue weighted by Crippen LogP contribution is 2.40. The van der Waals surface area contributed by atoms with Crippen LogP contribution in [0, 0.1) is 13.8 Å². The fraction of sp³-hybridized carbons (Fsp3) is 0.0755. The molecule has 1 aliphatic heterocycles. The van der Waals surface area contributed by atoms with Gasteiger partial charge in [0, 0.05) is 16.5 Å². The molecule has 1 aromatic heterocycles. The zero-order valence-electron chi connectivity index (χ0n) is 32.1. The molecule has 9 rings (SSSR count). The monoisotopic (exact) mass is 734 g/mol.